The predicted octanol–water partition coefficient (Wildman–Crippen LogP) is 3.85. The molecule has 1 radical (unpaired) electrons. The van der Waals surface area contributed by atoms with Gasteiger partial charge in [0.15, 0.2) is 0 Å². The van der Waals surface area contributed by atoms with Crippen molar-refractivity contribution in [2.24, 2.45) is 0 Å². The summed E-state index contributed by atoms with van der Waals surface area (Å²) in [4.78, 5) is 4.00. The Kier molecular flexibility index (Phi) is 3.91. The summed E-state index contributed by atoms with van der Waals surface area (Å²) in [5.74, 6) is 0. The zero-order valence-corrected chi connectivity index (χ0v) is 11.3. The summed E-state index contributed by atoms with van der Waals surface area (Å²) in [6.45, 7) is 1.69. The SMILES string of the molecule is CC(O)([CH]c1ccc(Cl)cc1Cl)c1cccnc1. The molecule has 1 unspecified atom stereocenters. The highest BCUT2D eigenvalue weighted by Gasteiger charge is 2.25. The van der Waals surface area contributed by atoms with Gasteiger partial charge in [-0.2, -0.15) is 0 Å². The summed E-state index contributed by atoms with van der Waals surface area (Å²) >= 11 is 11.9. The molecular weight excluding hydrogens is 269 g/mol. The molecule has 2 aromatic rings. The first-order valence-electron chi connectivity index (χ1n) is 5.43. The molecule has 0 aliphatic rings. The van der Waals surface area contributed by atoms with E-state index in [-0.39, 0.29) is 0 Å². The number of nitrogens with zero attached hydrogens (tertiary/aromatic N) is 1. The number of pyridine rings is 1. The maximum Gasteiger partial charge on any atom is 0.0959 e. The van der Waals surface area contributed by atoms with Crippen molar-refractivity contribution in [3.05, 3.63) is 70.3 Å². The first-order valence-corrected chi connectivity index (χ1v) is 6.18. The molecule has 0 aliphatic heterocycles. The van der Waals surface area contributed by atoms with Crippen molar-refractivity contribution in [1.29, 1.82) is 0 Å². The molecule has 1 heterocycles. The molecule has 0 bridgehead atoms. The van der Waals surface area contributed by atoms with Crippen LogP contribution in [0.3, 0.4) is 0 Å². The second-order valence-corrected chi connectivity index (χ2v) is 5.04. The minimum absolute atomic E-state index is 0.506. The van der Waals surface area contributed by atoms with Crippen LogP contribution in [0.15, 0.2) is 42.7 Å². The Balaban J connectivity index is 2.28. The lowest BCUT2D eigenvalue weighted by Gasteiger charge is -2.23. The van der Waals surface area contributed by atoms with Crippen molar-refractivity contribution in [1.82, 2.24) is 4.98 Å². The largest absolute Gasteiger partial charge is 0.385 e. The molecule has 93 valence electrons. The zero-order valence-electron chi connectivity index (χ0n) is 9.77. The van der Waals surface area contributed by atoms with E-state index in [0.29, 0.717) is 15.6 Å². The summed E-state index contributed by atoms with van der Waals surface area (Å²) in [5.41, 5.74) is 0.303. The third-order valence-electron chi connectivity index (χ3n) is 2.65. The topological polar surface area (TPSA) is 33.1 Å². The molecule has 0 fully saturated rings. The Hall–Kier alpha value is -1.09. The molecule has 4 heteroatoms. The van der Waals surface area contributed by atoms with Gasteiger partial charge in [-0.15, -0.1) is 0 Å². The number of halogens is 2. The maximum atomic E-state index is 10.4. The lowest BCUT2D eigenvalue weighted by atomic mass is 9.90. The van der Waals surface area contributed by atoms with Crippen LogP contribution in [-0.2, 0) is 5.60 Å². The molecule has 18 heavy (non-hydrogen) atoms. The van der Waals surface area contributed by atoms with Gasteiger partial charge in [-0.1, -0.05) is 35.3 Å². The molecule has 1 N–H and O–H groups in total. The Bertz CT molecular complexity index is 541. The first-order chi connectivity index (χ1) is 8.49. The molecule has 0 spiro atoms. The van der Waals surface area contributed by atoms with Crippen LogP contribution < -0.4 is 0 Å². The molecular formula is C14H12Cl2NO. The number of benzene rings is 1. The molecule has 1 atom stereocenters. The van der Waals surface area contributed by atoms with Crippen molar-refractivity contribution in [2.45, 2.75) is 12.5 Å². The van der Waals surface area contributed by atoms with Crippen LogP contribution in [0.4, 0.5) is 0 Å². The van der Waals surface area contributed by atoms with E-state index in [4.69, 9.17) is 23.2 Å². The van der Waals surface area contributed by atoms with E-state index >= 15 is 0 Å². The van der Waals surface area contributed by atoms with Gasteiger partial charge in [0.25, 0.3) is 0 Å². The van der Waals surface area contributed by atoms with Crippen molar-refractivity contribution in [3.63, 3.8) is 0 Å². The fraction of sp³-hybridized carbons (Fsp3) is 0.143. The lowest BCUT2D eigenvalue weighted by Crippen LogP contribution is -2.22. The normalized spacial score (nSPS) is 14.2. The van der Waals surface area contributed by atoms with Crippen LogP contribution in [0.5, 0.6) is 0 Å². The van der Waals surface area contributed by atoms with Crippen LogP contribution in [0.1, 0.15) is 18.1 Å². The molecule has 0 saturated heterocycles. The number of aromatic nitrogens is 1. The van der Waals surface area contributed by atoms with Gasteiger partial charge in [0.05, 0.1) is 5.60 Å². The second-order valence-electron chi connectivity index (χ2n) is 4.20. The van der Waals surface area contributed by atoms with E-state index < -0.39 is 5.60 Å². The quantitative estimate of drug-likeness (QED) is 0.927. The minimum atomic E-state index is -1.13. The second kappa shape index (κ2) is 5.27. The van der Waals surface area contributed by atoms with Crippen LogP contribution in [0.2, 0.25) is 10.0 Å². The molecule has 0 aliphatic carbocycles. The minimum Gasteiger partial charge on any atom is -0.385 e. The maximum absolute atomic E-state index is 10.4. The predicted molar refractivity (Wildman–Crippen MR) is 73.7 cm³/mol. The average Bonchev–Trinajstić information content (AvgIpc) is 2.34. The highest BCUT2D eigenvalue weighted by molar-refractivity contribution is 6.35. The van der Waals surface area contributed by atoms with E-state index in [1.54, 1.807) is 50.0 Å². The zero-order chi connectivity index (χ0) is 13.2. The third kappa shape index (κ3) is 3.02. The Labute approximate surface area is 116 Å². The Morgan fingerprint density at radius 3 is 2.67 bits per heavy atom. The summed E-state index contributed by atoms with van der Waals surface area (Å²) in [6, 6.07) is 8.75. The van der Waals surface area contributed by atoms with E-state index in [0.717, 1.165) is 5.56 Å². The van der Waals surface area contributed by atoms with E-state index in [2.05, 4.69) is 4.98 Å². The van der Waals surface area contributed by atoms with Crippen molar-refractivity contribution in [2.75, 3.05) is 0 Å². The fourth-order valence-electron chi connectivity index (χ4n) is 1.67. The summed E-state index contributed by atoms with van der Waals surface area (Å²) in [7, 11) is 0. The van der Waals surface area contributed by atoms with Gasteiger partial charge in [-0.3, -0.25) is 4.98 Å². The van der Waals surface area contributed by atoms with Crippen LogP contribution in [0.25, 0.3) is 0 Å². The first kappa shape index (κ1) is 13.3. The Morgan fingerprint density at radius 2 is 2.06 bits per heavy atom. The van der Waals surface area contributed by atoms with E-state index in [1.165, 1.54) is 0 Å². The van der Waals surface area contributed by atoms with Gasteiger partial charge in [-0.25, -0.2) is 0 Å². The third-order valence-corrected chi connectivity index (χ3v) is 3.21. The van der Waals surface area contributed by atoms with Gasteiger partial charge in [0.2, 0.25) is 0 Å². The standard InChI is InChI=1S/C14H12Cl2NO/c1-14(18,11-3-2-6-17-9-11)8-10-4-5-12(15)7-13(10)16/h2-9,18H,1H3. The van der Waals surface area contributed by atoms with Gasteiger partial charge >= 0.3 is 0 Å². The van der Waals surface area contributed by atoms with Crippen LogP contribution in [0, 0.1) is 6.42 Å². The monoisotopic (exact) mass is 280 g/mol. The van der Waals surface area contributed by atoms with Crippen molar-refractivity contribution >= 4 is 23.2 Å². The summed E-state index contributed by atoms with van der Waals surface area (Å²) in [5, 5.41) is 11.5. The fourth-order valence-corrected chi connectivity index (χ4v) is 2.13. The number of hydrogen-bond donors (Lipinski definition) is 1. The smallest absolute Gasteiger partial charge is 0.0959 e. The molecule has 1 aromatic heterocycles. The molecule has 0 amide bonds. The summed E-state index contributed by atoms with van der Waals surface area (Å²) < 4.78 is 0. The average molecular weight is 281 g/mol. The molecule has 2 nitrogen and oxygen atoms in total. The van der Waals surface area contributed by atoms with E-state index in [9.17, 15) is 5.11 Å². The van der Waals surface area contributed by atoms with E-state index in [1.807, 2.05) is 6.07 Å². The number of hydrogen-bond acceptors (Lipinski definition) is 2. The van der Waals surface area contributed by atoms with Crippen molar-refractivity contribution < 1.29 is 5.11 Å². The highest BCUT2D eigenvalue weighted by Crippen LogP contribution is 2.31. The van der Waals surface area contributed by atoms with Crippen LogP contribution >= 0.6 is 23.2 Å². The van der Waals surface area contributed by atoms with Gasteiger partial charge in [0.1, 0.15) is 0 Å². The number of aliphatic hydroxyl groups is 1. The molecule has 1 aromatic carbocycles. The molecule has 0 saturated carbocycles. The van der Waals surface area contributed by atoms with Crippen molar-refractivity contribution in [3.8, 4) is 0 Å². The molecule has 2 rings (SSSR count). The lowest BCUT2D eigenvalue weighted by molar-refractivity contribution is 0.0961. The summed E-state index contributed by atoms with van der Waals surface area (Å²) in [6.07, 6.45) is 4.97. The Morgan fingerprint density at radius 1 is 1.28 bits per heavy atom. The van der Waals surface area contributed by atoms with Gasteiger partial charge in [-0.05, 0) is 30.7 Å². The van der Waals surface area contributed by atoms with Gasteiger partial charge < -0.3 is 5.11 Å². The highest BCUT2D eigenvalue weighted by atomic mass is 35.5. The van der Waals surface area contributed by atoms with Gasteiger partial charge in [0, 0.05) is 34.4 Å². The van der Waals surface area contributed by atoms with Crippen LogP contribution in [-0.4, -0.2) is 10.1 Å². The number of rotatable bonds is 3.